The molecule has 0 atom stereocenters. The van der Waals surface area contributed by atoms with Gasteiger partial charge < -0.3 is 14.0 Å². The third-order valence-corrected chi connectivity index (χ3v) is 5.01. The van der Waals surface area contributed by atoms with Crippen LogP contribution in [-0.2, 0) is 6.54 Å². The summed E-state index contributed by atoms with van der Waals surface area (Å²) >= 11 is 0. The van der Waals surface area contributed by atoms with Crippen molar-refractivity contribution in [2.45, 2.75) is 19.4 Å². The first-order chi connectivity index (χ1) is 14.8. The third-order valence-electron chi connectivity index (χ3n) is 5.01. The summed E-state index contributed by atoms with van der Waals surface area (Å²) in [6, 6.07) is 26.4. The molecule has 30 heavy (non-hydrogen) atoms. The van der Waals surface area contributed by atoms with Crippen LogP contribution < -0.4 is 9.47 Å². The van der Waals surface area contributed by atoms with Crippen molar-refractivity contribution in [2.75, 3.05) is 13.7 Å². The largest absolute Gasteiger partial charge is 0.493 e. The number of ether oxygens (including phenoxy) is 2. The first kappa shape index (κ1) is 19.8. The van der Waals surface area contributed by atoms with Gasteiger partial charge in [-0.1, -0.05) is 60.7 Å². The Hall–Kier alpha value is -3.53. The van der Waals surface area contributed by atoms with Gasteiger partial charge in [-0.2, -0.15) is 0 Å². The van der Waals surface area contributed by atoms with E-state index in [1.807, 2.05) is 48.5 Å². The maximum atomic E-state index is 5.91. The molecule has 4 nitrogen and oxygen atoms in total. The molecule has 4 rings (SSSR count). The van der Waals surface area contributed by atoms with Gasteiger partial charge in [0, 0.05) is 6.54 Å². The number of fused-ring (bicyclic) bond motifs is 1. The number of para-hydroxylation sites is 4. The monoisotopic (exact) mass is 398 g/mol. The summed E-state index contributed by atoms with van der Waals surface area (Å²) in [5, 5.41) is 0. The van der Waals surface area contributed by atoms with Gasteiger partial charge in [-0.3, -0.25) is 0 Å². The van der Waals surface area contributed by atoms with Crippen molar-refractivity contribution in [3.8, 4) is 11.5 Å². The summed E-state index contributed by atoms with van der Waals surface area (Å²) in [4.78, 5) is 4.83. The fourth-order valence-electron chi connectivity index (χ4n) is 3.48. The van der Waals surface area contributed by atoms with Gasteiger partial charge in [0.25, 0.3) is 0 Å². The Bertz CT molecular complexity index is 1120. The fourth-order valence-corrected chi connectivity index (χ4v) is 3.48. The van der Waals surface area contributed by atoms with Crippen LogP contribution in [0.5, 0.6) is 11.5 Å². The van der Waals surface area contributed by atoms with Crippen molar-refractivity contribution in [3.63, 3.8) is 0 Å². The molecule has 0 saturated heterocycles. The lowest BCUT2D eigenvalue weighted by Crippen LogP contribution is -2.04. The molecule has 0 spiro atoms. The van der Waals surface area contributed by atoms with Crippen molar-refractivity contribution < 1.29 is 9.47 Å². The topological polar surface area (TPSA) is 36.3 Å². The Morgan fingerprint density at radius 1 is 0.800 bits per heavy atom. The average Bonchev–Trinajstić information content (AvgIpc) is 3.16. The van der Waals surface area contributed by atoms with Crippen LogP contribution in [0.1, 0.15) is 24.2 Å². The van der Waals surface area contributed by atoms with E-state index in [9.17, 15) is 0 Å². The van der Waals surface area contributed by atoms with Crippen LogP contribution in [0.15, 0.2) is 78.9 Å². The van der Waals surface area contributed by atoms with E-state index in [0.717, 1.165) is 47.7 Å². The molecule has 0 radical (unpaired) electrons. The number of aryl methyl sites for hydroxylation is 1. The molecule has 0 amide bonds. The Balaban J connectivity index is 1.42. The van der Waals surface area contributed by atoms with Gasteiger partial charge in [0.1, 0.15) is 5.82 Å². The summed E-state index contributed by atoms with van der Waals surface area (Å²) < 4.78 is 13.5. The number of unbranched alkanes of at least 4 members (excludes halogenated alkanes) is 1. The van der Waals surface area contributed by atoms with E-state index in [1.54, 1.807) is 7.11 Å². The zero-order chi connectivity index (χ0) is 20.6. The van der Waals surface area contributed by atoms with Crippen LogP contribution in [0, 0.1) is 0 Å². The SMILES string of the molecule is COc1ccccc1OCCCCn1c(/C=C/c2ccccc2)nc2ccccc21. The second-order valence-electron chi connectivity index (χ2n) is 7.06. The number of benzene rings is 3. The first-order valence-corrected chi connectivity index (χ1v) is 10.3. The summed E-state index contributed by atoms with van der Waals surface area (Å²) in [6.07, 6.45) is 6.16. The van der Waals surface area contributed by atoms with E-state index >= 15 is 0 Å². The Morgan fingerprint density at radius 3 is 2.37 bits per heavy atom. The quantitative estimate of drug-likeness (QED) is 0.321. The zero-order valence-electron chi connectivity index (χ0n) is 17.2. The van der Waals surface area contributed by atoms with Crippen LogP contribution in [0.4, 0.5) is 0 Å². The van der Waals surface area contributed by atoms with E-state index in [4.69, 9.17) is 14.5 Å². The molecule has 0 aliphatic rings. The maximum absolute atomic E-state index is 5.91. The Kier molecular flexibility index (Phi) is 6.45. The highest BCUT2D eigenvalue weighted by Gasteiger charge is 2.08. The first-order valence-electron chi connectivity index (χ1n) is 10.3. The molecule has 0 N–H and O–H groups in total. The Morgan fingerprint density at radius 2 is 1.53 bits per heavy atom. The lowest BCUT2D eigenvalue weighted by molar-refractivity contribution is 0.284. The van der Waals surface area contributed by atoms with Crippen molar-refractivity contribution in [3.05, 3.63) is 90.3 Å². The van der Waals surface area contributed by atoms with E-state index in [2.05, 4.69) is 47.1 Å². The normalized spacial score (nSPS) is 11.2. The van der Waals surface area contributed by atoms with Crippen molar-refractivity contribution in [1.82, 2.24) is 9.55 Å². The van der Waals surface area contributed by atoms with Crippen molar-refractivity contribution >= 4 is 23.2 Å². The highest BCUT2D eigenvalue weighted by molar-refractivity contribution is 5.79. The molecule has 0 unspecified atom stereocenters. The standard InChI is InChI=1S/C26H26N2O2/c1-29-24-15-7-8-16-25(24)30-20-10-9-19-28-23-14-6-5-13-22(23)27-26(28)18-17-21-11-3-2-4-12-21/h2-8,11-18H,9-10,19-20H2,1H3/b18-17+. The van der Waals surface area contributed by atoms with Crippen LogP contribution in [0.25, 0.3) is 23.2 Å². The van der Waals surface area contributed by atoms with Gasteiger partial charge in [0.15, 0.2) is 11.5 Å². The van der Waals surface area contributed by atoms with Gasteiger partial charge in [-0.05, 0) is 48.7 Å². The van der Waals surface area contributed by atoms with Crippen LogP contribution in [0.2, 0.25) is 0 Å². The molecule has 0 fully saturated rings. The van der Waals surface area contributed by atoms with Gasteiger partial charge in [0.2, 0.25) is 0 Å². The summed E-state index contributed by atoms with van der Waals surface area (Å²) in [6.45, 7) is 1.55. The Labute approximate surface area is 177 Å². The smallest absolute Gasteiger partial charge is 0.161 e. The van der Waals surface area contributed by atoms with E-state index < -0.39 is 0 Å². The second kappa shape index (κ2) is 9.79. The summed E-state index contributed by atoms with van der Waals surface area (Å²) in [5.41, 5.74) is 3.35. The number of imidazole rings is 1. The average molecular weight is 399 g/mol. The highest BCUT2D eigenvalue weighted by atomic mass is 16.5. The molecule has 0 bridgehead atoms. The predicted octanol–water partition coefficient (Wildman–Crippen LogP) is 6.07. The minimum Gasteiger partial charge on any atom is -0.493 e. The zero-order valence-corrected chi connectivity index (χ0v) is 17.2. The molecule has 3 aromatic carbocycles. The highest BCUT2D eigenvalue weighted by Crippen LogP contribution is 2.26. The predicted molar refractivity (Wildman–Crippen MR) is 123 cm³/mol. The van der Waals surface area contributed by atoms with E-state index in [-0.39, 0.29) is 0 Å². The number of methoxy groups -OCH3 is 1. The van der Waals surface area contributed by atoms with E-state index in [0.29, 0.717) is 6.61 Å². The molecular formula is C26H26N2O2. The molecule has 4 heteroatoms. The lowest BCUT2D eigenvalue weighted by atomic mass is 10.2. The van der Waals surface area contributed by atoms with E-state index in [1.165, 1.54) is 5.56 Å². The number of rotatable bonds is 9. The molecule has 1 heterocycles. The summed E-state index contributed by atoms with van der Waals surface area (Å²) in [5.74, 6) is 2.54. The number of aromatic nitrogens is 2. The van der Waals surface area contributed by atoms with Crippen molar-refractivity contribution in [2.24, 2.45) is 0 Å². The number of hydrogen-bond acceptors (Lipinski definition) is 3. The number of nitrogens with zero attached hydrogens (tertiary/aromatic N) is 2. The molecule has 152 valence electrons. The maximum Gasteiger partial charge on any atom is 0.161 e. The molecule has 0 aliphatic carbocycles. The van der Waals surface area contributed by atoms with Gasteiger partial charge in [-0.25, -0.2) is 4.98 Å². The van der Waals surface area contributed by atoms with Crippen LogP contribution >= 0.6 is 0 Å². The van der Waals surface area contributed by atoms with Gasteiger partial charge in [0.05, 0.1) is 24.8 Å². The lowest BCUT2D eigenvalue weighted by Gasteiger charge is -2.11. The van der Waals surface area contributed by atoms with Gasteiger partial charge >= 0.3 is 0 Å². The molecule has 4 aromatic rings. The second-order valence-corrected chi connectivity index (χ2v) is 7.06. The van der Waals surface area contributed by atoms with Crippen molar-refractivity contribution in [1.29, 1.82) is 0 Å². The minimum atomic E-state index is 0.655. The molecule has 0 aliphatic heterocycles. The fraction of sp³-hybridized carbons (Fsp3) is 0.192. The molecular weight excluding hydrogens is 372 g/mol. The number of hydrogen-bond donors (Lipinski definition) is 0. The minimum absolute atomic E-state index is 0.655. The van der Waals surface area contributed by atoms with Gasteiger partial charge in [-0.15, -0.1) is 0 Å². The van der Waals surface area contributed by atoms with Crippen LogP contribution in [0.3, 0.4) is 0 Å². The third kappa shape index (κ3) is 4.71. The molecule has 0 saturated carbocycles. The summed E-state index contributed by atoms with van der Waals surface area (Å²) in [7, 11) is 1.66. The van der Waals surface area contributed by atoms with Crippen LogP contribution in [-0.4, -0.2) is 23.3 Å². The molecule has 1 aromatic heterocycles.